The third-order valence-corrected chi connectivity index (χ3v) is 9.69. The molecule has 270 valence electrons. The third-order valence-electron chi connectivity index (χ3n) is 9.00. The quantitative estimate of drug-likeness (QED) is 0.231. The number of nitrogens with one attached hydrogen (secondary N) is 1. The van der Waals surface area contributed by atoms with Crippen molar-refractivity contribution >= 4 is 52.7 Å². The number of thiocarbonyl (C=S) groups is 1. The first-order chi connectivity index (χ1) is 23.7. The molecule has 0 unspecified atom stereocenters. The Morgan fingerprint density at radius 2 is 1.64 bits per heavy atom. The van der Waals surface area contributed by atoms with Crippen LogP contribution in [0.5, 0.6) is 5.75 Å². The number of amides is 3. The number of ether oxygens (including phenoxy) is 1. The topological polar surface area (TPSA) is 112 Å². The van der Waals surface area contributed by atoms with Crippen molar-refractivity contribution in [3.05, 3.63) is 59.2 Å². The Balaban J connectivity index is 0.000000541. The smallest absolute Gasteiger partial charge is 0.417 e. The number of hydrogen-bond donors (Lipinski definition) is 2. The Hall–Kier alpha value is -3.91. The summed E-state index contributed by atoms with van der Waals surface area (Å²) in [5.74, 6) is 0.0848. The zero-order valence-electron chi connectivity index (χ0n) is 28.3. The molecule has 50 heavy (non-hydrogen) atoms. The van der Waals surface area contributed by atoms with Gasteiger partial charge in [0.2, 0.25) is 0 Å². The molecule has 0 radical (unpaired) electrons. The number of nitriles is 1. The van der Waals surface area contributed by atoms with Crippen LogP contribution in [0.15, 0.2) is 42.5 Å². The van der Waals surface area contributed by atoms with Crippen molar-refractivity contribution in [2.75, 3.05) is 77.5 Å². The van der Waals surface area contributed by atoms with Gasteiger partial charge in [0.05, 0.1) is 35.6 Å². The highest BCUT2D eigenvalue weighted by atomic mass is 32.1. The van der Waals surface area contributed by atoms with Gasteiger partial charge in [-0.1, -0.05) is 24.8 Å². The number of nitrogens with zero attached hydrogens (tertiary/aromatic N) is 6. The van der Waals surface area contributed by atoms with Gasteiger partial charge in [-0.2, -0.15) is 18.4 Å². The first-order valence-corrected chi connectivity index (χ1v) is 17.2. The minimum atomic E-state index is -4.74. The van der Waals surface area contributed by atoms with Gasteiger partial charge >= 0.3 is 6.18 Å². The zero-order valence-corrected chi connectivity index (χ0v) is 30.0. The van der Waals surface area contributed by atoms with Crippen molar-refractivity contribution in [3.8, 4) is 11.8 Å². The number of piperazine rings is 2. The molecule has 0 spiro atoms. The molecule has 16 heteroatoms. The maximum absolute atomic E-state index is 13.5. The van der Waals surface area contributed by atoms with E-state index in [1.54, 1.807) is 49.0 Å². The van der Waals surface area contributed by atoms with Crippen LogP contribution in [0.1, 0.15) is 48.2 Å². The number of unbranched alkanes of at least 4 members (excludes halogenated alkanes) is 1. The third kappa shape index (κ3) is 9.05. The van der Waals surface area contributed by atoms with Gasteiger partial charge in [0.15, 0.2) is 5.11 Å². The fourth-order valence-corrected chi connectivity index (χ4v) is 6.78. The molecule has 0 aliphatic carbocycles. The zero-order chi connectivity index (χ0) is 36.6. The minimum Gasteiger partial charge on any atom is -0.496 e. The number of para-hydroxylation sites is 1. The van der Waals surface area contributed by atoms with Crippen molar-refractivity contribution in [2.45, 2.75) is 38.4 Å². The van der Waals surface area contributed by atoms with Crippen LogP contribution < -0.4 is 15.0 Å². The van der Waals surface area contributed by atoms with E-state index in [4.69, 9.17) is 22.2 Å². The molecule has 3 amide bonds. The molecule has 0 saturated carbocycles. The molecule has 2 aromatic carbocycles. The molecule has 5 rings (SSSR count). The summed E-state index contributed by atoms with van der Waals surface area (Å²) in [5.41, 5.74) is -2.11. The van der Waals surface area contributed by atoms with Crippen LogP contribution in [0.25, 0.3) is 0 Å². The number of hydrogen-bond acceptors (Lipinski definition) is 8. The summed E-state index contributed by atoms with van der Waals surface area (Å²) < 4.78 is 45.9. The highest BCUT2D eigenvalue weighted by Gasteiger charge is 2.49. The van der Waals surface area contributed by atoms with E-state index in [0.717, 1.165) is 69.3 Å². The maximum atomic E-state index is 13.5. The van der Waals surface area contributed by atoms with E-state index >= 15 is 0 Å². The van der Waals surface area contributed by atoms with Crippen LogP contribution in [-0.2, 0) is 11.0 Å². The molecular formula is C34H42F3N7O4S2. The minimum absolute atomic E-state index is 0.0116. The van der Waals surface area contributed by atoms with Crippen LogP contribution in [0, 0.1) is 11.3 Å². The van der Waals surface area contributed by atoms with E-state index in [9.17, 15) is 27.6 Å². The number of benzene rings is 2. The lowest BCUT2D eigenvalue weighted by atomic mass is 10.0. The summed E-state index contributed by atoms with van der Waals surface area (Å²) in [6.45, 7) is 10.7. The molecule has 0 aromatic heterocycles. The number of carbonyl (C=O) groups is 3. The van der Waals surface area contributed by atoms with Crippen molar-refractivity contribution in [1.29, 1.82) is 5.26 Å². The Morgan fingerprint density at radius 1 is 1.00 bits per heavy atom. The van der Waals surface area contributed by atoms with E-state index in [1.165, 1.54) is 6.07 Å². The van der Waals surface area contributed by atoms with Gasteiger partial charge in [-0.05, 0) is 75.8 Å². The monoisotopic (exact) mass is 733 g/mol. The van der Waals surface area contributed by atoms with Crippen molar-refractivity contribution in [1.82, 2.24) is 24.9 Å². The van der Waals surface area contributed by atoms with Crippen LogP contribution in [-0.4, -0.2) is 120 Å². The van der Waals surface area contributed by atoms with E-state index in [-0.39, 0.29) is 21.9 Å². The van der Waals surface area contributed by atoms with Crippen molar-refractivity contribution in [3.63, 3.8) is 0 Å². The summed E-state index contributed by atoms with van der Waals surface area (Å²) in [4.78, 5) is 45.5. The normalized spacial score (nSPS) is 18.0. The lowest BCUT2D eigenvalue weighted by molar-refractivity contribution is -0.137. The average molecular weight is 734 g/mol. The van der Waals surface area contributed by atoms with Gasteiger partial charge in [0.1, 0.15) is 11.3 Å². The molecule has 3 aliphatic rings. The van der Waals surface area contributed by atoms with Gasteiger partial charge in [0, 0.05) is 58.9 Å². The van der Waals surface area contributed by atoms with Gasteiger partial charge in [0.25, 0.3) is 17.1 Å². The van der Waals surface area contributed by atoms with E-state index < -0.39 is 28.7 Å². The molecule has 11 nitrogen and oxygen atoms in total. The molecule has 1 N–H and O–H groups in total. The number of thiol groups is 1. The largest absolute Gasteiger partial charge is 0.496 e. The van der Waals surface area contributed by atoms with Crippen LogP contribution in [0.3, 0.4) is 0 Å². The Bertz CT molecular complexity index is 1600. The highest BCUT2D eigenvalue weighted by molar-refractivity contribution is 7.96. The van der Waals surface area contributed by atoms with Crippen LogP contribution in [0.2, 0.25) is 0 Å². The number of anilines is 1. The fourth-order valence-electron chi connectivity index (χ4n) is 6.07. The second-order valence-electron chi connectivity index (χ2n) is 12.5. The summed E-state index contributed by atoms with van der Waals surface area (Å²) in [6.07, 6.45) is -3.21. The van der Waals surface area contributed by atoms with Gasteiger partial charge in [-0.25, -0.2) is 0 Å². The summed E-state index contributed by atoms with van der Waals surface area (Å²) in [7, 11) is 1.55. The average Bonchev–Trinajstić information content (AvgIpc) is 3.28. The molecule has 3 fully saturated rings. The van der Waals surface area contributed by atoms with Gasteiger partial charge in [-0.3, -0.25) is 24.2 Å². The fraction of sp³-hybridized carbons (Fsp3) is 0.500. The number of halogens is 3. The Labute approximate surface area is 301 Å². The highest BCUT2D eigenvalue weighted by Crippen LogP contribution is 2.38. The van der Waals surface area contributed by atoms with Gasteiger partial charge in [-0.15, -0.1) is 0 Å². The second kappa shape index (κ2) is 16.9. The SMILES string of the molecule is COc1ccccc1C(=O)N1CCN(CCCCN2C(=S)N(c3ccc(C#N)c(C(F)(F)F)c3)C(=O)C2(C)C)CC1.O=C(S)N1CCNCC1. The number of alkyl halides is 3. The van der Waals surface area contributed by atoms with Crippen molar-refractivity contribution in [2.24, 2.45) is 0 Å². The Kier molecular flexibility index (Phi) is 13.1. The van der Waals surface area contributed by atoms with Crippen molar-refractivity contribution < 1.29 is 32.3 Å². The first kappa shape index (κ1) is 38.9. The Morgan fingerprint density at radius 3 is 2.22 bits per heavy atom. The van der Waals surface area contributed by atoms with Crippen LogP contribution in [0.4, 0.5) is 23.7 Å². The molecule has 0 bridgehead atoms. The number of carbonyl (C=O) groups excluding carboxylic acids is 3. The lowest BCUT2D eigenvalue weighted by Gasteiger charge is -2.35. The molecule has 3 heterocycles. The molecule has 2 aromatic rings. The van der Waals surface area contributed by atoms with Gasteiger partial charge < -0.3 is 24.8 Å². The second-order valence-corrected chi connectivity index (χ2v) is 13.3. The molecular weight excluding hydrogens is 692 g/mol. The number of rotatable bonds is 8. The molecule has 3 saturated heterocycles. The molecule has 3 aliphatic heterocycles. The standard InChI is InChI=1S/C29H32F3N5O3S.C5H10N2OS/c1-28(2)26(39)37(21-11-10-20(19-33)23(18-21)29(30,31)32)27(41)36(28)13-7-6-12-34-14-16-35(17-15-34)25(38)22-8-4-5-9-24(22)40-3;8-5(9)7-3-1-6-2-4-7/h4-5,8-11,18H,6-7,12-17H2,1-3H3;6H,1-4H2,(H,8,9). The van der Waals surface area contributed by atoms with E-state index in [2.05, 4.69) is 22.8 Å². The van der Waals surface area contributed by atoms with E-state index in [0.29, 0.717) is 37.4 Å². The summed E-state index contributed by atoms with van der Waals surface area (Å²) >= 11 is 9.27. The van der Waals surface area contributed by atoms with Crippen LogP contribution >= 0.6 is 24.8 Å². The predicted octanol–water partition coefficient (Wildman–Crippen LogP) is 4.48. The predicted molar refractivity (Wildman–Crippen MR) is 190 cm³/mol. The first-order valence-electron chi connectivity index (χ1n) is 16.3. The molecule has 0 atom stereocenters. The number of methoxy groups -OCH3 is 1. The van der Waals surface area contributed by atoms with E-state index in [1.807, 2.05) is 17.0 Å². The maximum Gasteiger partial charge on any atom is 0.417 e. The summed E-state index contributed by atoms with van der Waals surface area (Å²) in [6, 6.07) is 11.9. The summed E-state index contributed by atoms with van der Waals surface area (Å²) in [5, 5.41) is 12.3. The lowest BCUT2D eigenvalue weighted by Crippen LogP contribution is -2.49.